The Kier molecular flexibility index (Phi) is 125. The van der Waals surface area contributed by atoms with Gasteiger partial charge >= 0.3 is 37.7 Å². The molecule has 0 aliphatic carbocycles. The molecule has 0 nitrogen and oxygen atoms in total. The van der Waals surface area contributed by atoms with Gasteiger partial charge in [0.05, 0.1) is 0 Å². The Hall–Kier alpha value is 2.79. The van der Waals surface area contributed by atoms with Gasteiger partial charge in [-0.15, -0.1) is 0 Å². The fraction of sp³-hybridized carbons (Fsp3) is 0. The summed E-state index contributed by atoms with van der Waals surface area (Å²) in [5, 5.41) is 0. The third-order valence-corrected chi connectivity index (χ3v) is 0. The van der Waals surface area contributed by atoms with E-state index >= 15 is 0 Å². The van der Waals surface area contributed by atoms with Crippen LogP contribution in [0.5, 0.6) is 0 Å². The van der Waals surface area contributed by atoms with Crippen LogP contribution in [0.25, 0.3) is 0 Å². The molecular formula is H5AlCaCoNi. The van der Waals surface area contributed by atoms with E-state index in [-0.39, 0.29) is 91.2 Å². The standard InChI is InChI=1S/Al.Ca.Co.Ni.5H/q;+2;;;;;;2*-1. The van der Waals surface area contributed by atoms with Crippen molar-refractivity contribution in [1.29, 1.82) is 0 Å². The minimum absolute atomic E-state index is 0. The second-order valence-electron chi connectivity index (χ2n) is 0. The van der Waals surface area contributed by atoms with Crippen LogP contribution in [-0.2, 0) is 33.3 Å². The second kappa shape index (κ2) is 17.1. The van der Waals surface area contributed by atoms with Gasteiger partial charge in [-0.3, -0.25) is 0 Å². The van der Waals surface area contributed by atoms with Gasteiger partial charge in [0.1, 0.15) is 0 Å². The van der Waals surface area contributed by atoms with E-state index in [4.69, 9.17) is 0 Å². The van der Waals surface area contributed by atoms with E-state index < -0.39 is 0 Å². The summed E-state index contributed by atoms with van der Waals surface area (Å²) in [4.78, 5) is 0. The van der Waals surface area contributed by atoms with Crippen LogP contribution in [0, 0.1) is 0 Å². The van der Waals surface area contributed by atoms with E-state index in [2.05, 4.69) is 0 Å². The molecule has 0 amide bonds. The van der Waals surface area contributed by atoms with Crippen LogP contribution in [0.15, 0.2) is 0 Å². The van der Waals surface area contributed by atoms with Crippen LogP contribution in [0.1, 0.15) is 2.85 Å². The van der Waals surface area contributed by atoms with Gasteiger partial charge < -0.3 is 2.85 Å². The first-order chi connectivity index (χ1) is 0. The topological polar surface area (TPSA) is 0 Å². The fourth-order valence-electron chi connectivity index (χ4n) is 0. The molecular weight excluding hydrogens is 185 g/mol. The molecule has 0 fully saturated rings. The van der Waals surface area contributed by atoms with Gasteiger partial charge in [-0.05, 0) is 0 Å². The quantitative estimate of drug-likeness (QED) is 0.414. The predicted octanol–water partition coefficient (Wildman–Crippen LogP) is -1.34. The second-order valence-corrected chi connectivity index (χ2v) is 0. The largest absolute Gasteiger partial charge is 2.00 e. The van der Waals surface area contributed by atoms with Crippen LogP contribution >= 0.6 is 0 Å². The van der Waals surface area contributed by atoms with Crippen LogP contribution in [0.2, 0.25) is 0 Å². The minimum atomic E-state index is 0. The minimum Gasteiger partial charge on any atom is -1.00 e. The molecule has 0 aromatic carbocycles. The van der Waals surface area contributed by atoms with E-state index in [0.717, 1.165) is 0 Å². The molecule has 0 aromatic rings. The maximum atomic E-state index is 0. The van der Waals surface area contributed by atoms with Crippen molar-refractivity contribution < 1.29 is 36.1 Å². The SMILES string of the molecule is [AlH3].[Ca+2].[Co].[H-].[H-].[Ni]. The van der Waals surface area contributed by atoms with Crippen LogP contribution in [0.4, 0.5) is 0 Å². The molecule has 0 atom stereocenters. The van der Waals surface area contributed by atoms with Crippen LogP contribution in [-0.4, -0.2) is 55.1 Å². The molecule has 0 aliphatic heterocycles. The summed E-state index contributed by atoms with van der Waals surface area (Å²) >= 11 is 0. The Morgan fingerprint density at radius 2 is 1.25 bits per heavy atom. The average Bonchev–Trinajstić information content (AvgIpc) is 0. The van der Waals surface area contributed by atoms with Crippen molar-refractivity contribution in [3.8, 4) is 0 Å². The first-order valence-electron chi connectivity index (χ1n) is 0. The Morgan fingerprint density at radius 1 is 1.25 bits per heavy atom. The third kappa shape index (κ3) is 8.84. The Morgan fingerprint density at radius 3 is 1.25 bits per heavy atom. The van der Waals surface area contributed by atoms with Crippen LogP contribution in [0.3, 0.4) is 0 Å². The van der Waals surface area contributed by atoms with E-state index in [0.29, 0.717) is 0 Å². The van der Waals surface area contributed by atoms with Crippen LogP contribution < -0.4 is 0 Å². The molecule has 0 bridgehead atoms. The molecule has 0 N–H and O–H groups in total. The maximum absolute atomic E-state index is 0. The molecule has 0 aliphatic rings. The summed E-state index contributed by atoms with van der Waals surface area (Å²) in [5.74, 6) is 0. The van der Waals surface area contributed by atoms with E-state index in [1.54, 1.807) is 0 Å². The number of hydrogen-bond acceptors (Lipinski definition) is 0. The zero-order chi connectivity index (χ0) is 0. The van der Waals surface area contributed by atoms with E-state index in [1.807, 2.05) is 0 Å². The van der Waals surface area contributed by atoms with Crippen molar-refractivity contribution >= 4 is 55.1 Å². The molecule has 0 heterocycles. The van der Waals surface area contributed by atoms with Crippen molar-refractivity contribution in [3.63, 3.8) is 0 Å². The monoisotopic (exact) mass is 189 g/mol. The molecule has 4 heavy (non-hydrogen) atoms. The number of rotatable bonds is 0. The Bertz CT molecular complexity index is 13.5. The van der Waals surface area contributed by atoms with Gasteiger partial charge in [0.25, 0.3) is 0 Å². The van der Waals surface area contributed by atoms with Gasteiger partial charge in [0.2, 0.25) is 0 Å². The molecule has 29 valence electrons. The molecule has 0 rings (SSSR count). The summed E-state index contributed by atoms with van der Waals surface area (Å²) in [7, 11) is 0. The Balaban J connectivity index is 0. The predicted molar refractivity (Wildman–Crippen MR) is 17.9 cm³/mol. The molecule has 0 unspecified atom stereocenters. The zero-order valence-electron chi connectivity index (χ0n) is 3.36. The molecule has 0 saturated carbocycles. The smallest absolute Gasteiger partial charge is 1.00 e. The van der Waals surface area contributed by atoms with E-state index in [1.165, 1.54) is 0 Å². The van der Waals surface area contributed by atoms with Gasteiger partial charge in [-0.25, -0.2) is 0 Å². The van der Waals surface area contributed by atoms with Crippen molar-refractivity contribution in [3.05, 3.63) is 0 Å². The molecule has 0 saturated heterocycles. The summed E-state index contributed by atoms with van der Waals surface area (Å²) in [6, 6.07) is 0. The first kappa shape index (κ1) is 29.2. The van der Waals surface area contributed by atoms with Gasteiger partial charge in [0, 0.05) is 33.3 Å². The van der Waals surface area contributed by atoms with E-state index in [9.17, 15) is 0 Å². The number of hydrogen-bond donors (Lipinski definition) is 0. The average molecular weight is 190 g/mol. The van der Waals surface area contributed by atoms with Crippen molar-refractivity contribution in [2.45, 2.75) is 0 Å². The fourth-order valence-corrected chi connectivity index (χ4v) is 0. The van der Waals surface area contributed by atoms with Crippen molar-refractivity contribution in [2.24, 2.45) is 0 Å². The zero-order valence-corrected chi connectivity index (χ0v) is 5.59. The summed E-state index contributed by atoms with van der Waals surface area (Å²) < 4.78 is 0. The molecule has 1 radical (unpaired) electrons. The summed E-state index contributed by atoms with van der Waals surface area (Å²) in [6.07, 6.45) is 0. The molecule has 0 aromatic heterocycles. The van der Waals surface area contributed by atoms with Gasteiger partial charge in [-0.2, -0.15) is 0 Å². The summed E-state index contributed by atoms with van der Waals surface area (Å²) in [6.45, 7) is 0. The first-order valence-corrected chi connectivity index (χ1v) is 0. The summed E-state index contributed by atoms with van der Waals surface area (Å²) in [5.41, 5.74) is 0. The van der Waals surface area contributed by atoms with Crippen molar-refractivity contribution in [1.82, 2.24) is 0 Å². The third-order valence-electron chi connectivity index (χ3n) is 0. The van der Waals surface area contributed by atoms with Gasteiger partial charge in [-0.1, -0.05) is 0 Å². The molecule has 4 heteroatoms. The maximum Gasteiger partial charge on any atom is 2.00 e. The van der Waals surface area contributed by atoms with Crippen molar-refractivity contribution in [2.75, 3.05) is 0 Å². The molecule has 0 spiro atoms. The van der Waals surface area contributed by atoms with Gasteiger partial charge in [0.15, 0.2) is 17.4 Å². The normalized spacial score (nSPS) is 0. The Labute approximate surface area is 89.7 Å².